The monoisotopic (exact) mass is 222 g/mol. The van der Waals surface area contributed by atoms with Gasteiger partial charge in [0.05, 0.1) is 5.02 Å². The third-order valence-corrected chi connectivity index (χ3v) is 2.25. The Balaban J connectivity index is 2.43. The van der Waals surface area contributed by atoms with E-state index in [1.54, 1.807) is 12.1 Å². The van der Waals surface area contributed by atoms with Gasteiger partial charge in [0.25, 0.3) is 0 Å². The van der Waals surface area contributed by atoms with Gasteiger partial charge in [-0.2, -0.15) is 0 Å². The summed E-state index contributed by atoms with van der Waals surface area (Å²) in [5, 5.41) is 18.7. The molecule has 0 bridgehead atoms. The minimum atomic E-state index is -1.48. The van der Waals surface area contributed by atoms with E-state index in [0.717, 1.165) is 5.39 Å². The van der Waals surface area contributed by atoms with Crippen molar-refractivity contribution in [3.05, 3.63) is 41.0 Å². The first kappa shape index (κ1) is 10.3. The number of fused-ring (bicyclic) bond motifs is 1. The van der Waals surface area contributed by atoms with Crippen LogP contribution in [0.4, 0.5) is 0 Å². The molecule has 0 fully saturated rings. The summed E-state index contributed by atoms with van der Waals surface area (Å²) < 4.78 is 5.41. The van der Waals surface area contributed by atoms with Crippen LogP contribution < -0.4 is 0 Å². The quantitative estimate of drug-likeness (QED) is 0.765. The van der Waals surface area contributed by atoms with Crippen LogP contribution in [0.3, 0.4) is 0 Å². The predicted octanol–water partition coefficient (Wildman–Crippen LogP) is 2.11. The fourth-order valence-corrected chi connectivity index (χ4v) is 1.53. The smallest absolute Gasteiger partial charge is 0.455 e. The van der Waals surface area contributed by atoms with Gasteiger partial charge < -0.3 is 14.5 Å². The molecule has 0 amide bonds. The molecule has 0 spiro atoms. The van der Waals surface area contributed by atoms with Gasteiger partial charge in [-0.25, -0.2) is 0 Å². The second kappa shape index (κ2) is 4.10. The molecule has 1 aromatic heterocycles. The molecule has 2 aromatic rings. The number of hydrogen-bond acceptors (Lipinski definition) is 3. The lowest BCUT2D eigenvalue weighted by Gasteiger charge is -1.89. The van der Waals surface area contributed by atoms with E-state index in [4.69, 9.17) is 26.1 Å². The van der Waals surface area contributed by atoms with Crippen molar-refractivity contribution in [1.82, 2.24) is 0 Å². The highest BCUT2D eigenvalue weighted by molar-refractivity contribution is 6.48. The Labute approximate surface area is 91.7 Å². The van der Waals surface area contributed by atoms with E-state index < -0.39 is 7.12 Å². The number of halogens is 1. The normalized spacial score (nSPS) is 11.4. The molecule has 0 atom stereocenters. The Bertz CT molecular complexity index is 504. The van der Waals surface area contributed by atoms with Crippen LogP contribution in [0.1, 0.15) is 5.76 Å². The highest BCUT2D eigenvalue weighted by Gasteiger charge is 2.05. The highest BCUT2D eigenvalue weighted by atomic mass is 35.5. The maximum atomic E-state index is 8.64. The molecular weight excluding hydrogens is 214 g/mol. The molecule has 0 aliphatic rings. The highest BCUT2D eigenvalue weighted by Crippen LogP contribution is 2.26. The average molecular weight is 222 g/mol. The molecule has 76 valence electrons. The summed E-state index contributed by atoms with van der Waals surface area (Å²) in [6.07, 6.45) is 1.49. The van der Waals surface area contributed by atoms with Crippen LogP contribution in [-0.4, -0.2) is 17.2 Å². The van der Waals surface area contributed by atoms with E-state index in [9.17, 15) is 0 Å². The molecule has 0 saturated carbocycles. The summed E-state index contributed by atoms with van der Waals surface area (Å²) in [6.45, 7) is 0. The molecular formula is C10H8BClO3. The number of para-hydroxylation sites is 1. The molecule has 0 unspecified atom stereocenters. The summed E-state index contributed by atoms with van der Waals surface area (Å²) in [5.74, 6) is 1.75. The van der Waals surface area contributed by atoms with E-state index in [2.05, 4.69) is 0 Å². The van der Waals surface area contributed by atoms with Crippen molar-refractivity contribution in [2.24, 2.45) is 0 Å². The van der Waals surface area contributed by atoms with Gasteiger partial charge in [0.15, 0.2) is 5.58 Å². The summed E-state index contributed by atoms with van der Waals surface area (Å²) in [5.41, 5.74) is 0.603. The van der Waals surface area contributed by atoms with Gasteiger partial charge in [-0.3, -0.25) is 0 Å². The molecule has 0 radical (unpaired) electrons. The Kier molecular flexibility index (Phi) is 2.82. The fraction of sp³-hybridized carbons (Fsp3) is 0. The van der Waals surface area contributed by atoms with Crippen LogP contribution in [-0.2, 0) is 0 Å². The van der Waals surface area contributed by atoms with Crippen LogP contribution in [0.15, 0.2) is 34.7 Å². The third kappa shape index (κ3) is 2.23. The largest absolute Gasteiger partial charge is 0.480 e. The van der Waals surface area contributed by atoms with E-state index in [0.29, 0.717) is 16.4 Å². The lowest BCUT2D eigenvalue weighted by Crippen LogP contribution is -2.05. The topological polar surface area (TPSA) is 53.6 Å². The molecule has 2 N–H and O–H groups in total. The SMILES string of the molecule is OB(O)/C=C/c1cc2cccc(Cl)c2o1. The standard InChI is InChI=1S/C10H8BClO3/c12-9-3-1-2-7-6-8(15-10(7)9)4-5-11(13)14/h1-6,13-14H/b5-4+. The molecule has 1 heterocycles. The summed E-state index contributed by atoms with van der Waals surface area (Å²) >= 11 is 5.92. The number of benzene rings is 1. The first-order valence-corrected chi connectivity index (χ1v) is 4.77. The zero-order valence-corrected chi connectivity index (χ0v) is 8.48. The molecule has 3 nitrogen and oxygen atoms in total. The van der Waals surface area contributed by atoms with E-state index in [-0.39, 0.29) is 0 Å². The number of hydrogen-bond donors (Lipinski definition) is 2. The zero-order chi connectivity index (χ0) is 10.8. The summed E-state index contributed by atoms with van der Waals surface area (Å²) in [6, 6.07) is 7.22. The van der Waals surface area contributed by atoms with Crippen molar-refractivity contribution in [1.29, 1.82) is 0 Å². The van der Waals surface area contributed by atoms with Crippen molar-refractivity contribution in [2.45, 2.75) is 0 Å². The lowest BCUT2D eigenvalue weighted by atomic mass is 9.91. The van der Waals surface area contributed by atoms with Crippen LogP contribution in [0.5, 0.6) is 0 Å². The molecule has 0 saturated heterocycles. The van der Waals surface area contributed by atoms with Crippen LogP contribution in [0.2, 0.25) is 5.02 Å². The second-order valence-corrected chi connectivity index (χ2v) is 3.49. The number of rotatable bonds is 2. The van der Waals surface area contributed by atoms with E-state index in [1.165, 1.54) is 12.1 Å². The van der Waals surface area contributed by atoms with Crippen LogP contribution in [0.25, 0.3) is 17.0 Å². The van der Waals surface area contributed by atoms with Gasteiger partial charge in [-0.05, 0) is 18.2 Å². The maximum absolute atomic E-state index is 8.64. The van der Waals surface area contributed by atoms with E-state index >= 15 is 0 Å². The molecule has 2 rings (SSSR count). The minimum Gasteiger partial charge on any atom is -0.455 e. The Morgan fingerprint density at radius 1 is 1.33 bits per heavy atom. The van der Waals surface area contributed by atoms with Gasteiger partial charge in [-0.15, -0.1) is 0 Å². The lowest BCUT2D eigenvalue weighted by molar-refractivity contribution is 0.424. The predicted molar refractivity (Wildman–Crippen MR) is 60.4 cm³/mol. The Morgan fingerprint density at radius 3 is 2.80 bits per heavy atom. The van der Waals surface area contributed by atoms with Gasteiger partial charge in [0.1, 0.15) is 5.76 Å². The first-order chi connectivity index (χ1) is 7.16. The zero-order valence-electron chi connectivity index (χ0n) is 7.72. The van der Waals surface area contributed by atoms with Crippen molar-refractivity contribution in [2.75, 3.05) is 0 Å². The fourth-order valence-electron chi connectivity index (χ4n) is 1.31. The van der Waals surface area contributed by atoms with E-state index in [1.807, 2.05) is 12.1 Å². The molecule has 15 heavy (non-hydrogen) atoms. The number of furan rings is 1. The van der Waals surface area contributed by atoms with Gasteiger partial charge in [-0.1, -0.05) is 29.7 Å². The van der Waals surface area contributed by atoms with Crippen molar-refractivity contribution in [3.63, 3.8) is 0 Å². The van der Waals surface area contributed by atoms with Gasteiger partial charge >= 0.3 is 7.12 Å². The Morgan fingerprint density at radius 2 is 2.13 bits per heavy atom. The molecule has 0 aliphatic carbocycles. The second-order valence-electron chi connectivity index (χ2n) is 3.08. The minimum absolute atomic E-state index is 0.534. The van der Waals surface area contributed by atoms with Crippen LogP contribution in [0, 0.1) is 0 Å². The molecule has 1 aromatic carbocycles. The molecule has 5 heteroatoms. The maximum Gasteiger partial charge on any atom is 0.480 e. The van der Waals surface area contributed by atoms with Crippen molar-refractivity contribution >= 4 is 35.8 Å². The van der Waals surface area contributed by atoms with Crippen molar-refractivity contribution in [3.8, 4) is 0 Å². The van der Waals surface area contributed by atoms with Gasteiger partial charge in [0, 0.05) is 5.39 Å². The van der Waals surface area contributed by atoms with Crippen molar-refractivity contribution < 1.29 is 14.5 Å². The first-order valence-electron chi connectivity index (χ1n) is 4.39. The third-order valence-electron chi connectivity index (χ3n) is 1.95. The molecule has 0 aliphatic heterocycles. The Hall–Kier alpha value is -1.23. The summed E-state index contributed by atoms with van der Waals surface area (Å²) in [7, 11) is -1.48. The summed E-state index contributed by atoms with van der Waals surface area (Å²) in [4.78, 5) is 0. The van der Waals surface area contributed by atoms with Crippen LogP contribution >= 0.6 is 11.6 Å². The average Bonchev–Trinajstić information content (AvgIpc) is 2.59. The van der Waals surface area contributed by atoms with Gasteiger partial charge in [0.2, 0.25) is 0 Å².